The topological polar surface area (TPSA) is 108 Å². The van der Waals surface area contributed by atoms with Crippen LogP contribution in [-0.2, 0) is 11.2 Å². The standard InChI is InChI=1S/C21H21Cl2N3O4/c1-11-8-14(22)18(15(23)9-11)19(27)25-17(20(28)29)10-24-21(30)26-16-7-6-12-4-2-3-5-13(12)16/h2-5,8-9,16-17H,6-7,10H2,1H3,(H,25,27)(H,28,29)(H2,24,26,30)/t16-,17?/m0/s1. The highest BCUT2D eigenvalue weighted by atomic mass is 35.5. The lowest BCUT2D eigenvalue weighted by Crippen LogP contribution is -2.50. The van der Waals surface area contributed by atoms with Crippen LogP contribution in [0, 0.1) is 6.92 Å². The summed E-state index contributed by atoms with van der Waals surface area (Å²) < 4.78 is 0. The number of hydrogen-bond donors (Lipinski definition) is 4. The number of urea groups is 1. The van der Waals surface area contributed by atoms with Gasteiger partial charge in [0.15, 0.2) is 0 Å². The van der Waals surface area contributed by atoms with Gasteiger partial charge < -0.3 is 21.1 Å². The quantitative estimate of drug-likeness (QED) is 0.541. The molecule has 4 N–H and O–H groups in total. The second-order valence-electron chi connectivity index (χ2n) is 7.11. The zero-order chi connectivity index (χ0) is 21.8. The van der Waals surface area contributed by atoms with Crippen LogP contribution in [-0.4, -0.2) is 35.6 Å². The molecule has 7 nitrogen and oxygen atoms in total. The number of aryl methyl sites for hydroxylation is 2. The van der Waals surface area contributed by atoms with Gasteiger partial charge in [-0.25, -0.2) is 9.59 Å². The molecule has 30 heavy (non-hydrogen) atoms. The van der Waals surface area contributed by atoms with Crippen LogP contribution in [0.1, 0.15) is 39.5 Å². The second-order valence-corrected chi connectivity index (χ2v) is 7.93. The number of amides is 3. The molecule has 0 aliphatic heterocycles. The number of carbonyl (C=O) groups excluding carboxylic acids is 2. The van der Waals surface area contributed by atoms with E-state index in [9.17, 15) is 19.5 Å². The largest absolute Gasteiger partial charge is 0.480 e. The minimum Gasteiger partial charge on any atom is -0.480 e. The summed E-state index contributed by atoms with van der Waals surface area (Å²) >= 11 is 12.2. The summed E-state index contributed by atoms with van der Waals surface area (Å²) in [5, 5.41) is 17.4. The minimum atomic E-state index is -1.35. The predicted octanol–water partition coefficient (Wildman–Crippen LogP) is 3.47. The van der Waals surface area contributed by atoms with Crippen LogP contribution in [0.25, 0.3) is 0 Å². The van der Waals surface area contributed by atoms with E-state index in [0.717, 1.165) is 24.0 Å². The molecule has 1 aliphatic rings. The molecule has 0 aromatic heterocycles. The third-order valence-corrected chi connectivity index (χ3v) is 5.52. The maximum Gasteiger partial charge on any atom is 0.328 e. The number of carboxylic acid groups (broad SMARTS) is 1. The summed E-state index contributed by atoms with van der Waals surface area (Å²) in [4.78, 5) is 36.3. The molecule has 0 radical (unpaired) electrons. The fraction of sp³-hybridized carbons (Fsp3) is 0.286. The van der Waals surface area contributed by atoms with Crippen molar-refractivity contribution in [3.05, 3.63) is 68.7 Å². The Morgan fingerprint density at radius 1 is 1.17 bits per heavy atom. The first-order valence-corrected chi connectivity index (χ1v) is 10.1. The van der Waals surface area contributed by atoms with E-state index in [1.54, 1.807) is 19.1 Å². The molecule has 1 aliphatic carbocycles. The Morgan fingerprint density at radius 3 is 2.50 bits per heavy atom. The summed E-state index contributed by atoms with van der Waals surface area (Å²) in [6.45, 7) is 1.47. The van der Waals surface area contributed by atoms with Crippen LogP contribution in [0.5, 0.6) is 0 Å². The Balaban J connectivity index is 1.59. The highest BCUT2D eigenvalue weighted by Crippen LogP contribution is 2.30. The van der Waals surface area contributed by atoms with Crippen LogP contribution >= 0.6 is 23.2 Å². The molecule has 2 aromatic rings. The number of halogens is 2. The van der Waals surface area contributed by atoms with E-state index in [2.05, 4.69) is 16.0 Å². The third-order valence-electron chi connectivity index (χ3n) is 4.92. The van der Waals surface area contributed by atoms with Crippen molar-refractivity contribution in [3.63, 3.8) is 0 Å². The van der Waals surface area contributed by atoms with Gasteiger partial charge in [-0.2, -0.15) is 0 Å². The number of rotatable bonds is 6. The van der Waals surface area contributed by atoms with E-state index in [0.29, 0.717) is 0 Å². The van der Waals surface area contributed by atoms with Crippen molar-refractivity contribution in [3.8, 4) is 0 Å². The molecular formula is C21H21Cl2N3O4. The third kappa shape index (κ3) is 5.04. The molecular weight excluding hydrogens is 429 g/mol. The zero-order valence-electron chi connectivity index (χ0n) is 16.2. The summed E-state index contributed by atoms with van der Waals surface area (Å²) in [6, 6.07) is 8.96. The maximum atomic E-state index is 12.5. The molecule has 0 bridgehead atoms. The Hall–Kier alpha value is -2.77. The number of benzene rings is 2. The highest BCUT2D eigenvalue weighted by Gasteiger charge is 2.26. The van der Waals surface area contributed by atoms with Crippen molar-refractivity contribution in [1.82, 2.24) is 16.0 Å². The van der Waals surface area contributed by atoms with Gasteiger partial charge in [-0.3, -0.25) is 4.79 Å². The molecule has 0 heterocycles. The Kier molecular flexibility index (Phi) is 6.84. The van der Waals surface area contributed by atoms with Gasteiger partial charge in [0, 0.05) is 0 Å². The van der Waals surface area contributed by atoms with Crippen LogP contribution < -0.4 is 16.0 Å². The number of hydrogen-bond acceptors (Lipinski definition) is 3. The Morgan fingerprint density at radius 2 is 1.83 bits per heavy atom. The number of carbonyl (C=O) groups is 3. The van der Waals surface area contributed by atoms with Gasteiger partial charge in [-0.1, -0.05) is 47.5 Å². The normalized spacial score (nSPS) is 15.8. The molecule has 0 saturated carbocycles. The Bertz CT molecular complexity index is 973. The van der Waals surface area contributed by atoms with Crippen molar-refractivity contribution in [2.45, 2.75) is 31.8 Å². The first-order chi connectivity index (χ1) is 14.3. The van der Waals surface area contributed by atoms with E-state index >= 15 is 0 Å². The molecule has 3 rings (SSSR count). The number of aliphatic carboxylic acids is 1. The van der Waals surface area contributed by atoms with Gasteiger partial charge in [0.25, 0.3) is 5.91 Å². The fourth-order valence-electron chi connectivity index (χ4n) is 3.46. The van der Waals surface area contributed by atoms with Crippen LogP contribution in [0.4, 0.5) is 4.79 Å². The fourth-order valence-corrected chi connectivity index (χ4v) is 4.23. The van der Waals surface area contributed by atoms with Crippen LogP contribution in [0.15, 0.2) is 36.4 Å². The molecule has 1 unspecified atom stereocenters. The lowest BCUT2D eigenvalue weighted by Gasteiger charge is -2.19. The van der Waals surface area contributed by atoms with Gasteiger partial charge in [0.1, 0.15) is 6.04 Å². The molecule has 2 atom stereocenters. The highest BCUT2D eigenvalue weighted by molar-refractivity contribution is 6.39. The first-order valence-electron chi connectivity index (χ1n) is 9.37. The van der Waals surface area contributed by atoms with Gasteiger partial charge in [-0.05, 0) is 48.6 Å². The number of fused-ring (bicyclic) bond motifs is 1. The van der Waals surface area contributed by atoms with E-state index < -0.39 is 23.9 Å². The molecule has 0 fully saturated rings. The SMILES string of the molecule is Cc1cc(Cl)c(C(=O)NC(CNC(=O)N[C@H]2CCc3ccccc32)C(=O)O)c(Cl)c1. The minimum absolute atomic E-state index is 0.0119. The second kappa shape index (κ2) is 9.36. The van der Waals surface area contributed by atoms with E-state index in [-0.39, 0.29) is 28.2 Å². The Labute approximate surface area is 183 Å². The summed E-state index contributed by atoms with van der Waals surface area (Å²) in [7, 11) is 0. The summed E-state index contributed by atoms with van der Waals surface area (Å²) in [6.07, 6.45) is 1.64. The molecule has 2 aromatic carbocycles. The van der Waals surface area contributed by atoms with E-state index in [1.807, 2.05) is 24.3 Å². The molecule has 9 heteroatoms. The van der Waals surface area contributed by atoms with Crippen molar-refractivity contribution in [1.29, 1.82) is 0 Å². The van der Waals surface area contributed by atoms with Gasteiger partial charge in [0.05, 0.1) is 28.2 Å². The van der Waals surface area contributed by atoms with E-state index in [4.69, 9.17) is 23.2 Å². The smallest absolute Gasteiger partial charge is 0.328 e. The monoisotopic (exact) mass is 449 g/mol. The van der Waals surface area contributed by atoms with Crippen molar-refractivity contribution < 1.29 is 19.5 Å². The van der Waals surface area contributed by atoms with Gasteiger partial charge in [0.2, 0.25) is 0 Å². The van der Waals surface area contributed by atoms with Crippen molar-refractivity contribution in [2.24, 2.45) is 0 Å². The lowest BCUT2D eigenvalue weighted by atomic mass is 10.1. The van der Waals surface area contributed by atoms with Gasteiger partial charge >= 0.3 is 12.0 Å². The van der Waals surface area contributed by atoms with Crippen molar-refractivity contribution >= 4 is 41.1 Å². The molecule has 0 saturated heterocycles. The lowest BCUT2D eigenvalue weighted by molar-refractivity contribution is -0.139. The van der Waals surface area contributed by atoms with Crippen LogP contribution in [0.2, 0.25) is 10.0 Å². The molecule has 158 valence electrons. The van der Waals surface area contributed by atoms with Gasteiger partial charge in [-0.15, -0.1) is 0 Å². The predicted molar refractivity (Wildman–Crippen MR) is 114 cm³/mol. The number of nitrogens with one attached hydrogen (secondary N) is 3. The molecule has 3 amide bonds. The summed E-state index contributed by atoms with van der Waals surface area (Å²) in [5.74, 6) is -2.03. The first kappa shape index (κ1) is 21.9. The average molecular weight is 450 g/mol. The zero-order valence-corrected chi connectivity index (χ0v) is 17.7. The van der Waals surface area contributed by atoms with Crippen molar-refractivity contribution in [2.75, 3.05) is 6.54 Å². The van der Waals surface area contributed by atoms with E-state index in [1.165, 1.54) is 5.56 Å². The maximum absolute atomic E-state index is 12.5. The summed E-state index contributed by atoms with van der Waals surface area (Å²) in [5.41, 5.74) is 3.00. The molecule has 0 spiro atoms. The number of carboxylic acids is 1. The van der Waals surface area contributed by atoms with Crippen LogP contribution in [0.3, 0.4) is 0 Å². The average Bonchev–Trinajstić information content (AvgIpc) is 3.07.